The number of hydrogen-bond donors (Lipinski definition) is 2. The standard InChI is InChI=1S/C22H34N4O/c1-2-23-22(24-12-9-19-10-15-27-16-11-19)25-17-20-5-7-21(8-6-20)18-26-13-3-4-14-26/h5-8,10H,2-4,9,11-18H2,1H3,(H2,23,24,25). The number of rotatable bonds is 8. The lowest BCUT2D eigenvalue weighted by Gasteiger charge is -2.16. The topological polar surface area (TPSA) is 48.9 Å². The van der Waals surface area contributed by atoms with Gasteiger partial charge in [-0.2, -0.15) is 0 Å². The van der Waals surface area contributed by atoms with E-state index in [0.717, 1.165) is 51.6 Å². The summed E-state index contributed by atoms with van der Waals surface area (Å²) in [4.78, 5) is 7.28. The predicted octanol–water partition coefficient (Wildman–Crippen LogP) is 3.07. The molecule has 2 aliphatic heterocycles. The molecule has 148 valence electrons. The molecule has 2 N–H and O–H groups in total. The molecule has 0 bridgehead atoms. The third-order valence-corrected chi connectivity index (χ3v) is 5.19. The van der Waals surface area contributed by atoms with Crippen LogP contribution in [0, 0.1) is 0 Å². The van der Waals surface area contributed by atoms with Crippen LogP contribution in [0.25, 0.3) is 0 Å². The Hall–Kier alpha value is -1.85. The lowest BCUT2D eigenvalue weighted by atomic mass is 10.1. The van der Waals surface area contributed by atoms with Crippen molar-refractivity contribution in [1.29, 1.82) is 0 Å². The van der Waals surface area contributed by atoms with Gasteiger partial charge in [-0.3, -0.25) is 4.90 Å². The van der Waals surface area contributed by atoms with Crippen LogP contribution in [-0.4, -0.2) is 50.3 Å². The Morgan fingerprint density at radius 3 is 2.59 bits per heavy atom. The van der Waals surface area contributed by atoms with Gasteiger partial charge in [-0.05, 0) is 56.8 Å². The van der Waals surface area contributed by atoms with Gasteiger partial charge in [0.1, 0.15) is 0 Å². The van der Waals surface area contributed by atoms with E-state index in [4.69, 9.17) is 9.73 Å². The van der Waals surface area contributed by atoms with E-state index in [1.807, 2.05) is 0 Å². The van der Waals surface area contributed by atoms with Gasteiger partial charge in [0.15, 0.2) is 5.96 Å². The van der Waals surface area contributed by atoms with Crippen LogP contribution in [-0.2, 0) is 17.8 Å². The molecule has 3 rings (SSSR count). The zero-order chi connectivity index (χ0) is 18.7. The Labute approximate surface area is 163 Å². The Balaban J connectivity index is 1.45. The molecule has 0 radical (unpaired) electrons. The minimum atomic E-state index is 0.704. The lowest BCUT2D eigenvalue weighted by molar-refractivity contribution is 0.153. The maximum Gasteiger partial charge on any atom is 0.191 e. The first-order valence-corrected chi connectivity index (χ1v) is 10.4. The summed E-state index contributed by atoms with van der Waals surface area (Å²) in [7, 11) is 0. The van der Waals surface area contributed by atoms with Crippen LogP contribution in [0.2, 0.25) is 0 Å². The van der Waals surface area contributed by atoms with Crippen molar-refractivity contribution >= 4 is 5.96 Å². The largest absolute Gasteiger partial charge is 0.377 e. The van der Waals surface area contributed by atoms with Crippen molar-refractivity contribution in [2.45, 2.75) is 45.7 Å². The lowest BCUT2D eigenvalue weighted by Crippen LogP contribution is -2.38. The van der Waals surface area contributed by atoms with Gasteiger partial charge in [-0.25, -0.2) is 4.99 Å². The molecule has 1 fully saturated rings. The van der Waals surface area contributed by atoms with E-state index >= 15 is 0 Å². The van der Waals surface area contributed by atoms with Crippen molar-refractivity contribution in [3.05, 3.63) is 47.0 Å². The summed E-state index contributed by atoms with van der Waals surface area (Å²) in [5.41, 5.74) is 4.14. The molecule has 27 heavy (non-hydrogen) atoms. The monoisotopic (exact) mass is 370 g/mol. The molecule has 0 amide bonds. The van der Waals surface area contributed by atoms with E-state index in [-0.39, 0.29) is 0 Å². The maximum atomic E-state index is 5.36. The molecule has 0 unspecified atom stereocenters. The number of benzene rings is 1. The molecule has 2 heterocycles. The zero-order valence-electron chi connectivity index (χ0n) is 16.7. The summed E-state index contributed by atoms with van der Waals surface area (Å²) in [6, 6.07) is 8.93. The van der Waals surface area contributed by atoms with E-state index in [2.05, 4.69) is 52.8 Å². The molecule has 0 saturated carbocycles. The SMILES string of the molecule is CCNC(=NCc1ccc(CN2CCCC2)cc1)NCCC1=CCOCC1. The normalized spacial score (nSPS) is 18.4. The summed E-state index contributed by atoms with van der Waals surface area (Å²) in [5.74, 6) is 0.895. The quantitative estimate of drug-likeness (QED) is 0.419. The molecule has 2 aliphatic rings. The van der Waals surface area contributed by atoms with Crippen molar-refractivity contribution in [3.8, 4) is 0 Å². The minimum Gasteiger partial charge on any atom is -0.377 e. The highest BCUT2D eigenvalue weighted by atomic mass is 16.5. The second-order valence-electron chi connectivity index (χ2n) is 7.36. The number of likely N-dealkylation sites (tertiary alicyclic amines) is 1. The van der Waals surface area contributed by atoms with Gasteiger partial charge in [0.2, 0.25) is 0 Å². The first-order chi connectivity index (χ1) is 13.3. The number of nitrogens with one attached hydrogen (secondary N) is 2. The average molecular weight is 371 g/mol. The molecule has 1 aromatic rings. The van der Waals surface area contributed by atoms with Crippen LogP contribution in [0.4, 0.5) is 0 Å². The van der Waals surface area contributed by atoms with Gasteiger partial charge in [0, 0.05) is 19.6 Å². The van der Waals surface area contributed by atoms with Gasteiger partial charge in [-0.1, -0.05) is 35.9 Å². The van der Waals surface area contributed by atoms with Crippen LogP contribution in [0.5, 0.6) is 0 Å². The van der Waals surface area contributed by atoms with E-state index < -0.39 is 0 Å². The van der Waals surface area contributed by atoms with Gasteiger partial charge >= 0.3 is 0 Å². The molecular formula is C22H34N4O. The fourth-order valence-electron chi connectivity index (χ4n) is 3.60. The fourth-order valence-corrected chi connectivity index (χ4v) is 3.60. The highest BCUT2D eigenvalue weighted by Gasteiger charge is 2.11. The van der Waals surface area contributed by atoms with Crippen molar-refractivity contribution < 1.29 is 4.74 Å². The molecule has 5 heteroatoms. The summed E-state index contributed by atoms with van der Waals surface area (Å²) in [5, 5.41) is 6.79. The van der Waals surface area contributed by atoms with Gasteiger partial charge < -0.3 is 15.4 Å². The van der Waals surface area contributed by atoms with Crippen LogP contribution in [0.3, 0.4) is 0 Å². The summed E-state index contributed by atoms with van der Waals surface area (Å²) >= 11 is 0. The predicted molar refractivity (Wildman–Crippen MR) is 112 cm³/mol. The maximum absolute atomic E-state index is 5.36. The summed E-state index contributed by atoms with van der Waals surface area (Å²) < 4.78 is 5.36. The minimum absolute atomic E-state index is 0.704. The Morgan fingerprint density at radius 2 is 1.89 bits per heavy atom. The Kier molecular flexibility index (Phi) is 8.18. The van der Waals surface area contributed by atoms with E-state index in [9.17, 15) is 0 Å². The summed E-state index contributed by atoms with van der Waals surface area (Å²) in [6.45, 7) is 9.77. The first-order valence-electron chi connectivity index (χ1n) is 10.4. The molecular weight excluding hydrogens is 336 g/mol. The van der Waals surface area contributed by atoms with E-state index in [0.29, 0.717) is 6.54 Å². The second kappa shape index (κ2) is 11.1. The van der Waals surface area contributed by atoms with Crippen LogP contribution in [0.1, 0.15) is 43.7 Å². The number of nitrogens with zero attached hydrogens (tertiary/aromatic N) is 2. The molecule has 0 aliphatic carbocycles. The van der Waals surface area contributed by atoms with E-state index in [1.54, 1.807) is 0 Å². The van der Waals surface area contributed by atoms with Crippen molar-refractivity contribution in [1.82, 2.24) is 15.5 Å². The Bertz CT molecular complexity index is 618. The molecule has 0 spiro atoms. The highest BCUT2D eigenvalue weighted by molar-refractivity contribution is 5.79. The zero-order valence-corrected chi connectivity index (χ0v) is 16.7. The number of hydrogen-bond acceptors (Lipinski definition) is 3. The van der Waals surface area contributed by atoms with Crippen LogP contribution in [0.15, 0.2) is 40.9 Å². The van der Waals surface area contributed by atoms with Crippen molar-refractivity contribution in [2.75, 3.05) is 39.4 Å². The second-order valence-corrected chi connectivity index (χ2v) is 7.36. The smallest absolute Gasteiger partial charge is 0.191 e. The van der Waals surface area contributed by atoms with Crippen molar-refractivity contribution in [3.63, 3.8) is 0 Å². The third kappa shape index (κ3) is 7.00. The molecule has 0 aromatic heterocycles. The van der Waals surface area contributed by atoms with Crippen LogP contribution >= 0.6 is 0 Å². The molecule has 1 saturated heterocycles. The average Bonchev–Trinajstić information content (AvgIpc) is 3.21. The van der Waals surface area contributed by atoms with E-state index in [1.165, 1.54) is 42.6 Å². The number of aliphatic imine (C=N–C) groups is 1. The molecule has 1 aromatic carbocycles. The third-order valence-electron chi connectivity index (χ3n) is 5.19. The first kappa shape index (κ1) is 19.9. The Morgan fingerprint density at radius 1 is 1.11 bits per heavy atom. The highest BCUT2D eigenvalue weighted by Crippen LogP contribution is 2.14. The van der Waals surface area contributed by atoms with Crippen LogP contribution < -0.4 is 10.6 Å². The number of guanidine groups is 1. The van der Waals surface area contributed by atoms with Crippen molar-refractivity contribution in [2.24, 2.45) is 4.99 Å². The number of ether oxygens (including phenoxy) is 1. The van der Waals surface area contributed by atoms with Gasteiger partial charge in [0.25, 0.3) is 0 Å². The summed E-state index contributed by atoms with van der Waals surface area (Å²) in [6.07, 6.45) is 7.01. The fraction of sp³-hybridized carbons (Fsp3) is 0.591. The van der Waals surface area contributed by atoms with Gasteiger partial charge in [0.05, 0.1) is 19.8 Å². The van der Waals surface area contributed by atoms with Gasteiger partial charge in [-0.15, -0.1) is 0 Å². The molecule has 5 nitrogen and oxygen atoms in total. The molecule has 0 atom stereocenters.